The van der Waals surface area contributed by atoms with Crippen LogP contribution >= 0.6 is 0 Å². The van der Waals surface area contributed by atoms with Gasteiger partial charge in [0.1, 0.15) is 23.4 Å². The summed E-state index contributed by atoms with van der Waals surface area (Å²) in [4.78, 5) is 4.08. The SMILES string of the molecule is NC(=NCC(O)c1ccccc1F)Nc1cccc(Oc2ccccc2)c1. The zero-order valence-corrected chi connectivity index (χ0v) is 14.5. The highest BCUT2D eigenvalue weighted by Crippen LogP contribution is 2.23. The highest BCUT2D eigenvalue weighted by atomic mass is 19.1. The minimum Gasteiger partial charge on any atom is -0.457 e. The summed E-state index contributed by atoms with van der Waals surface area (Å²) in [6, 6.07) is 22.7. The maximum Gasteiger partial charge on any atom is 0.193 e. The molecule has 3 rings (SSSR count). The van der Waals surface area contributed by atoms with Gasteiger partial charge in [0.05, 0.1) is 6.54 Å². The van der Waals surface area contributed by atoms with Gasteiger partial charge in [0.15, 0.2) is 5.96 Å². The summed E-state index contributed by atoms with van der Waals surface area (Å²) in [7, 11) is 0. The molecule has 0 heterocycles. The van der Waals surface area contributed by atoms with Crippen LogP contribution in [0.2, 0.25) is 0 Å². The normalized spacial score (nSPS) is 12.4. The molecule has 1 unspecified atom stereocenters. The molecular weight excluding hydrogens is 345 g/mol. The van der Waals surface area contributed by atoms with Crippen molar-refractivity contribution in [3.05, 3.63) is 90.2 Å². The van der Waals surface area contributed by atoms with E-state index in [1.807, 2.05) is 48.5 Å². The van der Waals surface area contributed by atoms with Crippen LogP contribution in [-0.4, -0.2) is 17.6 Å². The first-order valence-electron chi connectivity index (χ1n) is 8.44. The third-order valence-corrected chi connectivity index (χ3v) is 3.78. The lowest BCUT2D eigenvalue weighted by Gasteiger charge is -2.11. The zero-order valence-electron chi connectivity index (χ0n) is 14.5. The smallest absolute Gasteiger partial charge is 0.193 e. The van der Waals surface area contributed by atoms with Crippen LogP contribution in [0.4, 0.5) is 10.1 Å². The van der Waals surface area contributed by atoms with Crippen molar-refractivity contribution in [1.82, 2.24) is 0 Å². The lowest BCUT2D eigenvalue weighted by Crippen LogP contribution is -2.23. The summed E-state index contributed by atoms with van der Waals surface area (Å²) < 4.78 is 19.4. The van der Waals surface area contributed by atoms with Gasteiger partial charge < -0.3 is 20.9 Å². The second-order valence-corrected chi connectivity index (χ2v) is 5.83. The highest BCUT2D eigenvalue weighted by Gasteiger charge is 2.11. The first-order valence-corrected chi connectivity index (χ1v) is 8.44. The molecule has 5 nitrogen and oxygen atoms in total. The van der Waals surface area contributed by atoms with Crippen LogP contribution in [-0.2, 0) is 0 Å². The summed E-state index contributed by atoms with van der Waals surface area (Å²) in [5.41, 5.74) is 6.74. The number of aliphatic hydroxyl groups is 1. The number of guanidine groups is 1. The Bertz CT molecular complexity index is 916. The molecule has 6 heteroatoms. The molecule has 0 saturated carbocycles. The number of rotatable bonds is 6. The molecule has 0 bridgehead atoms. The molecule has 0 aliphatic rings. The minimum atomic E-state index is -1.07. The molecule has 3 aromatic carbocycles. The molecule has 27 heavy (non-hydrogen) atoms. The molecule has 0 radical (unpaired) electrons. The number of nitrogens with zero attached hydrogens (tertiary/aromatic N) is 1. The summed E-state index contributed by atoms with van der Waals surface area (Å²) >= 11 is 0. The standard InChI is InChI=1S/C21H20FN3O2/c22-19-12-5-4-11-18(19)20(26)14-24-21(23)25-15-7-6-10-17(13-15)27-16-8-2-1-3-9-16/h1-13,20,26H,14H2,(H3,23,24,25). The van der Waals surface area contributed by atoms with Crippen molar-refractivity contribution >= 4 is 11.6 Å². The van der Waals surface area contributed by atoms with Crippen molar-refractivity contribution in [3.63, 3.8) is 0 Å². The predicted octanol–water partition coefficient (Wildman–Crippen LogP) is 4.08. The quantitative estimate of drug-likeness (QED) is 0.454. The van der Waals surface area contributed by atoms with Crippen LogP contribution in [0.3, 0.4) is 0 Å². The number of anilines is 1. The number of halogens is 1. The number of hydrogen-bond acceptors (Lipinski definition) is 3. The summed E-state index contributed by atoms with van der Waals surface area (Å²) in [5, 5.41) is 13.0. The van der Waals surface area contributed by atoms with Gasteiger partial charge in [-0.3, -0.25) is 4.99 Å². The van der Waals surface area contributed by atoms with Crippen LogP contribution < -0.4 is 15.8 Å². The van der Waals surface area contributed by atoms with Gasteiger partial charge >= 0.3 is 0 Å². The first kappa shape index (κ1) is 18.4. The molecule has 0 fully saturated rings. The van der Waals surface area contributed by atoms with Crippen molar-refractivity contribution < 1.29 is 14.2 Å². The number of nitrogens with one attached hydrogen (secondary N) is 1. The Balaban J connectivity index is 1.62. The fourth-order valence-corrected chi connectivity index (χ4v) is 2.48. The van der Waals surface area contributed by atoms with Gasteiger partial charge in [-0.15, -0.1) is 0 Å². The third-order valence-electron chi connectivity index (χ3n) is 3.78. The molecule has 0 aliphatic heterocycles. The van der Waals surface area contributed by atoms with Gasteiger partial charge in [-0.05, 0) is 30.3 Å². The molecule has 4 N–H and O–H groups in total. The van der Waals surface area contributed by atoms with Crippen LogP contribution in [0.1, 0.15) is 11.7 Å². The molecule has 0 saturated heterocycles. The third kappa shape index (κ3) is 5.29. The van der Waals surface area contributed by atoms with Gasteiger partial charge in [0.25, 0.3) is 0 Å². The monoisotopic (exact) mass is 365 g/mol. The van der Waals surface area contributed by atoms with Crippen LogP contribution in [0.5, 0.6) is 11.5 Å². The lowest BCUT2D eigenvalue weighted by atomic mass is 10.1. The van der Waals surface area contributed by atoms with Crippen molar-refractivity contribution in [1.29, 1.82) is 0 Å². The van der Waals surface area contributed by atoms with E-state index in [0.29, 0.717) is 11.4 Å². The van der Waals surface area contributed by atoms with E-state index in [4.69, 9.17) is 10.5 Å². The van der Waals surface area contributed by atoms with Crippen LogP contribution in [0.25, 0.3) is 0 Å². The number of ether oxygens (including phenoxy) is 1. The maximum absolute atomic E-state index is 13.7. The number of para-hydroxylation sites is 1. The fourth-order valence-electron chi connectivity index (χ4n) is 2.48. The van der Waals surface area contributed by atoms with E-state index in [9.17, 15) is 9.50 Å². The largest absolute Gasteiger partial charge is 0.457 e. The molecule has 0 spiro atoms. The Kier molecular flexibility index (Phi) is 6.02. The zero-order chi connectivity index (χ0) is 19.1. The number of benzene rings is 3. The average Bonchev–Trinajstić information content (AvgIpc) is 2.67. The summed E-state index contributed by atoms with van der Waals surface area (Å²) in [6.07, 6.45) is -1.07. The van der Waals surface area contributed by atoms with E-state index in [-0.39, 0.29) is 18.1 Å². The summed E-state index contributed by atoms with van der Waals surface area (Å²) in [6.45, 7) is -0.0556. The first-order chi connectivity index (χ1) is 13.1. The predicted molar refractivity (Wildman–Crippen MR) is 104 cm³/mol. The van der Waals surface area contributed by atoms with Gasteiger partial charge in [-0.1, -0.05) is 42.5 Å². The molecule has 0 aromatic heterocycles. The fraction of sp³-hybridized carbons (Fsp3) is 0.0952. The Morgan fingerprint density at radius 3 is 2.48 bits per heavy atom. The van der Waals surface area contributed by atoms with E-state index in [0.717, 1.165) is 5.75 Å². The van der Waals surface area contributed by atoms with Gasteiger partial charge in [-0.25, -0.2) is 4.39 Å². The molecule has 3 aromatic rings. The van der Waals surface area contributed by atoms with E-state index in [1.165, 1.54) is 12.1 Å². The average molecular weight is 365 g/mol. The highest BCUT2D eigenvalue weighted by molar-refractivity contribution is 5.92. The second-order valence-electron chi connectivity index (χ2n) is 5.83. The van der Waals surface area contributed by atoms with E-state index < -0.39 is 11.9 Å². The van der Waals surface area contributed by atoms with Crippen molar-refractivity contribution in [2.75, 3.05) is 11.9 Å². The van der Waals surface area contributed by atoms with Crippen LogP contribution in [0.15, 0.2) is 83.9 Å². The van der Waals surface area contributed by atoms with E-state index >= 15 is 0 Å². The molecule has 0 amide bonds. The van der Waals surface area contributed by atoms with Gasteiger partial charge in [-0.2, -0.15) is 0 Å². The van der Waals surface area contributed by atoms with Crippen molar-refractivity contribution in [3.8, 4) is 11.5 Å². The van der Waals surface area contributed by atoms with Gasteiger partial charge in [0.2, 0.25) is 0 Å². The van der Waals surface area contributed by atoms with E-state index in [2.05, 4.69) is 10.3 Å². The van der Waals surface area contributed by atoms with Gasteiger partial charge in [0, 0.05) is 17.3 Å². The Morgan fingerprint density at radius 1 is 1.00 bits per heavy atom. The lowest BCUT2D eigenvalue weighted by molar-refractivity contribution is 0.182. The van der Waals surface area contributed by atoms with Crippen molar-refractivity contribution in [2.45, 2.75) is 6.10 Å². The topological polar surface area (TPSA) is 79.9 Å². The minimum absolute atomic E-state index is 0.0556. The number of nitrogens with two attached hydrogens (primary N) is 1. The Labute approximate surface area is 156 Å². The maximum atomic E-state index is 13.7. The molecular formula is C21H20FN3O2. The van der Waals surface area contributed by atoms with Crippen LogP contribution in [0, 0.1) is 5.82 Å². The van der Waals surface area contributed by atoms with E-state index in [1.54, 1.807) is 18.2 Å². The van der Waals surface area contributed by atoms with Crippen molar-refractivity contribution in [2.24, 2.45) is 10.7 Å². The molecule has 1 atom stereocenters. The number of aliphatic imine (C=N–C) groups is 1. The Hall–Kier alpha value is -3.38. The number of aliphatic hydroxyl groups excluding tert-OH is 1. The number of hydrogen-bond donors (Lipinski definition) is 3. The molecule has 138 valence electrons. The summed E-state index contributed by atoms with van der Waals surface area (Å²) in [5.74, 6) is 1.01. The second kappa shape index (κ2) is 8.82. The Morgan fingerprint density at radius 2 is 1.70 bits per heavy atom. The molecule has 0 aliphatic carbocycles.